The molecule has 1 aromatic carbocycles. The van der Waals surface area contributed by atoms with Crippen LogP contribution in [-0.2, 0) is 6.42 Å². The third-order valence-electron chi connectivity index (χ3n) is 3.25. The molecule has 0 aliphatic rings. The molecule has 3 nitrogen and oxygen atoms in total. The van der Waals surface area contributed by atoms with E-state index >= 15 is 0 Å². The van der Waals surface area contributed by atoms with Crippen molar-refractivity contribution in [3.63, 3.8) is 0 Å². The lowest BCUT2D eigenvalue weighted by Gasteiger charge is -2.11. The van der Waals surface area contributed by atoms with Crippen molar-refractivity contribution >= 4 is 33.1 Å². The van der Waals surface area contributed by atoms with Gasteiger partial charge < -0.3 is 5.73 Å². The second kappa shape index (κ2) is 5.43. The van der Waals surface area contributed by atoms with Crippen LogP contribution in [0.2, 0.25) is 0 Å². The van der Waals surface area contributed by atoms with E-state index in [0.29, 0.717) is 4.99 Å². The minimum absolute atomic E-state index is 0.383. The van der Waals surface area contributed by atoms with Crippen LogP contribution in [0, 0.1) is 13.8 Å². The number of thiocarbonyl (C=S) groups is 1. The van der Waals surface area contributed by atoms with Gasteiger partial charge in [0.2, 0.25) is 0 Å². The summed E-state index contributed by atoms with van der Waals surface area (Å²) in [6.45, 7) is 6.24. The molecule has 2 N–H and O–H groups in total. The van der Waals surface area contributed by atoms with Crippen LogP contribution in [0.1, 0.15) is 29.4 Å². The molecule has 2 rings (SSSR count). The van der Waals surface area contributed by atoms with E-state index in [1.807, 2.05) is 29.8 Å². The Labute approximate surface area is 126 Å². The number of halogens is 1. The minimum Gasteiger partial charge on any atom is -0.389 e. The highest BCUT2D eigenvalue weighted by Gasteiger charge is 2.15. The van der Waals surface area contributed by atoms with E-state index < -0.39 is 0 Å². The summed E-state index contributed by atoms with van der Waals surface area (Å²) in [5.74, 6) is 0. The second-order valence-corrected chi connectivity index (χ2v) is 5.80. The third-order valence-corrected chi connectivity index (χ3v) is 3.96. The molecule has 0 aliphatic heterocycles. The van der Waals surface area contributed by atoms with Crippen molar-refractivity contribution in [1.29, 1.82) is 0 Å². The number of aromatic nitrogens is 2. The SMILES string of the molecule is CCc1c(C)nn(-c2cc(Br)ccc2C(N)=S)c1C. The molecule has 0 aliphatic carbocycles. The Morgan fingerprint density at radius 2 is 2.11 bits per heavy atom. The molecule has 0 atom stereocenters. The minimum atomic E-state index is 0.383. The van der Waals surface area contributed by atoms with E-state index in [1.165, 1.54) is 5.56 Å². The summed E-state index contributed by atoms with van der Waals surface area (Å²) < 4.78 is 2.90. The van der Waals surface area contributed by atoms with Crippen LogP contribution < -0.4 is 5.73 Å². The number of rotatable bonds is 3. The van der Waals surface area contributed by atoms with Crippen molar-refractivity contribution in [3.05, 3.63) is 45.2 Å². The van der Waals surface area contributed by atoms with Crippen LogP contribution in [0.3, 0.4) is 0 Å². The molecular weight excluding hydrogens is 322 g/mol. The molecule has 2 aromatic rings. The van der Waals surface area contributed by atoms with Gasteiger partial charge in [0, 0.05) is 15.7 Å². The van der Waals surface area contributed by atoms with Crippen molar-refractivity contribution in [3.8, 4) is 5.69 Å². The van der Waals surface area contributed by atoms with Crippen LogP contribution >= 0.6 is 28.1 Å². The number of benzene rings is 1. The highest BCUT2D eigenvalue weighted by Crippen LogP contribution is 2.24. The Morgan fingerprint density at radius 1 is 1.42 bits per heavy atom. The van der Waals surface area contributed by atoms with Gasteiger partial charge in [-0.1, -0.05) is 35.1 Å². The van der Waals surface area contributed by atoms with E-state index in [-0.39, 0.29) is 0 Å². The van der Waals surface area contributed by atoms with E-state index in [1.54, 1.807) is 0 Å². The fraction of sp³-hybridized carbons (Fsp3) is 0.286. The Kier molecular flexibility index (Phi) is 4.06. The third kappa shape index (κ3) is 2.58. The summed E-state index contributed by atoms with van der Waals surface area (Å²) in [6.07, 6.45) is 0.966. The van der Waals surface area contributed by atoms with E-state index in [2.05, 4.69) is 34.9 Å². The first-order chi connectivity index (χ1) is 8.95. The molecule has 100 valence electrons. The molecule has 0 fully saturated rings. The smallest absolute Gasteiger partial charge is 0.106 e. The van der Waals surface area contributed by atoms with Crippen LogP contribution in [0.15, 0.2) is 22.7 Å². The Bertz CT molecular complexity index is 646. The van der Waals surface area contributed by atoms with Crippen molar-refractivity contribution in [2.75, 3.05) is 0 Å². The van der Waals surface area contributed by atoms with Crippen LogP contribution in [0.5, 0.6) is 0 Å². The molecular formula is C14H16BrN3S. The molecule has 1 aromatic heterocycles. The molecule has 5 heteroatoms. The van der Waals surface area contributed by atoms with Crippen molar-refractivity contribution in [2.45, 2.75) is 27.2 Å². The maximum atomic E-state index is 5.80. The van der Waals surface area contributed by atoms with Gasteiger partial charge in [-0.05, 0) is 44.0 Å². The average Bonchev–Trinajstić information content (AvgIpc) is 2.63. The highest BCUT2D eigenvalue weighted by atomic mass is 79.9. The van der Waals surface area contributed by atoms with Crippen molar-refractivity contribution in [1.82, 2.24) is 9.78 Å². The quantitative estimate of drug-likeness (QED) is 0.872. The maximum Gasteiger partial charge on any atom is 0.106 e. The number of hydrogen-bond acceptors (Lipinski definition) is 2. The van der Waals surface area contributed by atoms with Gasteiger partial charge in [-0.15, -0.1) is 0 Å². The molecule has 0 radical (unpaired) electrons. The molecule has 0 spiro atoms. The van der Waals surface area contributed by atoms with Crippen molar-refractivity contribution in [2.24, 2.45) is 5.73 Å². The van der Waals surface area contributed by atoms with Gasteiger partial charge in [-0.2, -0.15) is 5.10 Å². The van der Waals surface area contributed by atoms with Gasteiger partial charge in [0.15, 0.2) is 0 Å². The van der Waals surface area contributed by atoms with Gasteiger partial charge in [-0.25, -0.2) is 4.68 Å². The predicted octanol–water partition coefficient (Wildman–Crippen LogP) is 3.45. The molecule has 19 heavy (non-hydrogen) atoms. The topological polar surface area (TPSA) is 43.8 Å². The molecule has 0 amide bonds. The van der Waals surface area contributed by atoms with E-state index in [9.17, 15) is 0 Å². The first-order valence-corrected chi connectivity index (χ1v) is 7.30. The lowest BCUT2D eigenvalue weighted by molar-refractivity contribution is 0.830. The average molecular weight is 338 g/mol. The highest BCUT2D eigenvalue weighted by molar-refractivity contribution is 9.10. The Morgan fingerprint density at radius 3 is 2.63 bits per heavy atom. The first-order valence-electron chi connectivity index (χ1n) is 6.10. The zero-order chi connectivity index (χ0) is 14.2. The summed E-state index contributed by atoms with van der Waals surface area (Å²) in [5, 5.41) is 4.62. The van der Waals surface area contributed by atoms with Crippen molar-refractivity contribution < 1.29 is 0 Å². The molecule has 0 saturated carbocycles. The molecule has 0 saturated heterocycles. The lowest BCUT2D eigenvalue weighted by atomic mass is 10.1. The number of aryl methyl sites for hydroxylation is 1. The number of hydrogen-bond donors (Lipinski definition) is 1. The summed E-state index contributed by atoms with van der Waals surface area (Å²) in [5.41, 5.74) is 11.0. The maximum absolute atomic E-state index is 5.80. The fourth-order valence-electron chi connectivity index (χ4n) is 2.31. The normalized spacial score (nSPS) is 10.7. The largest absolute Gasteiger partial charge is 0.389 e. The summed E-state index contributed by atoms with van der Waals surface area (Å²) in [6, 6.07) is 5.85. The summed E-state index contributed by atoms with van der Waals surface area (Å²) >= 11 is 8.61. The Hall–Kier alpha value is -1.20. The molecule has 0 bridgehead atoms. The fourth-order valence-corrected chi connectivity index (χ4v) is 2.83. The predicted molar refractivity (Wildman–Crippen MR) is 86.0 cm³/mol. The monoisotopic (exact) mass is 337 g/mol. The van der Waals surface area contributed by atoms with Gasteiger partial charge >= 0.3 is 0 Å². The number of nitrogens with zero attached hydrogens (tertiary/aromatic N) is 2. The number of nitrogens with two attached hydrogens (primary N) is 1. The van der Waals surface area contributed by atoms with E-state index in [0.717, 1.165) is 33.5 Å². The van der Waals surface area contributed by atoms with Gasteiger partial charge in [0.05, 0.1) is 11.4 Å². The van der Waals surface area contributed by atoms with E-state index in [4.69, 9.17) is 18.0 Å². The Balaban J connectivity index is 2.71. The van der Waals surface area contributed by atoms with Crippen LogP contribution in [-0.4, -0.2) is 14.8 Å². The first kappa shape index (κ1) is 14.2. The summed E-state index contributed by atoms with van der Waals surface area (Å²) in [4.78, 5) is 0.383. The lowest BCUT2D eigenvalue weighted by Crippen LogP contribution is -2.14. The second-order valence-electron chi connectivity index (χ2n) is 4.44. The summed E-state index contributed by atoms with van der Waals surface area (Å²) in [7, 11) is 0. The van der Waals surface area contributed by atoms with Crippen LogP contribution in [0.4, 0.5) is 0 Å². The van der Waals surface area contributed by atoms with Crippen LogP contribution in [0.25, 0.3) is 5.69 Å². The standard InChI is InChI=1S/C14H16BrN3S/c1-4-11-8(2)17-18(9(11)3)13-7-10(15)5-6-12(13)14(16)19/h5-7H,4H2,1-3H3,(H2,16,19). The molecule has 1 heterocycles. The zero-order valence-electron chi connectivity index (χ0n) is 11.2. The zero-order valence-corrected chi connectivity index (χ0v) is 13.6. The van der Waals surface area contributed by atoms with Gasteiger partial charge in [0.25, 0.3) is 0 Å². The molecule has 0 unspecified atom stereocenters. The van der Waals surface area contributed by atoms with Gasteiger partial charge in [0.1, 0.15) is 4.99 Å². The van der Waals surface area contributed by atoms with Gasteiger partial charge in [-0.3, -0.25) is 0 Å².